The van der Waals surface area contributed by atoms with Crippen LogP contribution in [0.4, 0.5) is 4.79 Å². The summed E-state index contributed by atoms with van der Waals surface area (Å²) in [6.07, 6.45) is 4.95. The number of amides is 2. The summed E-state index contributed by atoms with van der Waals surface area (Å²) in [7, 11) is 0. The van der Waals surface area contributed by atoms with Crippen LogP contribution >= 0.6 is 12.2 Å². The number of hydrogen-bond donors (Lipinski definition) is 4. The first kappa shape index (κ1) is 12.0. The fourth-order valence-electron chi connectivity index (χ4n) is 1.67. The molecule has 6 heteroatoms. The lowest BCUT2D eigenvalue weighted by Gasteiger charge is -2.15. The largest absolute Gasteiger partial charge is 0.361 e. The minimum Gasteiger partial charge on any atom is -0.361 e. The molecule has 0 aliphatic heterocycles. The number of nitrogens with one attached hydrogen (secondary N) is 3. The van der Waals surface area contributed by atoms with Crippen molar-refractivity contribution in [3.8, 4) is 0 Å². The van der Waals surface area contributed by atoms with Gasteiger partial charge in [0.05, 0.1) is 0 Å². The quantitative estimate of drug-likeness (QED) is 0.407. The van der Waals surface area contributed by atoms with Gasteiger partial charge in [-0.1, -0.05) is 12.8 Å². The normalized spacial score (nSPS) is 16.0. The Morgan fingerprint density at radius 3 is 2.47 bits per heavy atom. The van der Waals surface area contributed by atoms with E-state index in [0.29, 0.717) is 24.2 Å². The fourth-order valence-corrected chi connectivity index (χ4v) is 1.94. The van der Waals surface area contributed by atoms with Crippen molar-refractivity contribution in [2.45, 2.75) is 31.7 Å². The standard InChI is InChI=1S/C9H18N4OS/c10-8(14)11-5-6-12-9(15)13-7-3-1-2-4-7/h7H,1-6H2,(H3,10,11,14)(H2,12,13,15). The summed E-state index contributed by atoms with van der Waals surface area (Å²) < 4.78 is 0. The zero-order valence-corrected chi connectivity index (χ0v) is 9.53. The Bertz CT molecular complexity index is 228. The molecule has 0 spiro atoms. The van der Waals surface area contributed by atoms with Gasteiger partial charge in [0, 0.05) is 19.1 Å². The van der Waals surface area contributed by atoms with Crippen molar-refractivity contribution in [1.29, 1.82) is 0 Å². The highest BCUT2D eigenvalue weighted by atomic mass is 32.1. The van der Waals surface area contributed by atoms with E-state index in [2.05, 4.69) is 16.0 Å². The third kappa shape index (κ3) is 5.41. The minimum absolute atomic E-state index is 0.488. The number of thiocarbonyl (C=S) groups is 1. The predicted molar refractivity (Wildman–Crippen MR) is 63.6 cm³/mol. The van der Waals surface area contributed by atoms with Crippen LogP contribution < -0.4 is 21.7 Å². The lowest BCUT2D eigenvalue weighted by atomic mass is 10.3. The van der Waals surface area contributed by atoms with Crippen molar-refractivity contribution in [2.24, 2.45) is 5.73 Å². The summed E-state index contributed by atoms with van der Waals surface area (Å²) in [4.78, 5) is 10.4. The van der Waals surface area contributed by atoms with Gasteiger partial charge in [-0.3, -0.25) is 0 Å². The van der Waals surface area contributed by atoms with Gasteiger partial charge >= 0.3 is 6.03 Å². The van der Waals surface area contributed by atoms with Crippen LogP contribution in [0.25, 0.3) is 0 Å². The molecule has 0 aromatic carbocycles. The SMILES string of the molecule is NC(=O)NCCNC(=S)NC1CCCC1. The summed E-state index contributed by atoms with van der Waals surface area (Å²) >= 11 is 5.10. The van der Waals surface area contributed by atoms with E-state index in [1.165, 1.54) is 25.7 Å². The van der Waals surface area contributed by atoms with Gasteiger partial charge < -0.3 is 21.7 Å². The molecule has 0 unspecified atom stereocenters. The van der Waals surface area contributed by atoms with E-state index >= 15 is 0 Å². The Morgan fingerprint density at radius 2 is 1.87 bits per heavy atom. The monoisotopic (exact) mass is 230 g/mol. The zero-order chi connectivity index (χ0) is 11.1. The minimum atomic E-state index is -0.508. The molecule has 0 radical (unpaired) electrons. The van der Waals surface area contributed by atoms with Gasteiger partial charge in [-0.25, -0.2) is 4.79 Å². The Balaban J connectivity index is 2.00. The molecular weight excluding hydrogens is 212 g/mol. The first-order valence-corrected chi connectivity index (χ1v) is 5.67. The highest BCUT2D eigenvalue weighted by molar-refractivity contribution is 7.80. The molecule has 5 nitrogen and oxygen atoms in total. The molecular formula is C9H18N4OS. The van der Waals surface area contributed by atoms with Gasteiger partial charge in [-0.15, -0.1) is 0 Å². The highest BCUT2D eigenvalue weighted by Gasteiger charge is 2.14. The maximum Gasteiger partial charge on any atom is 0.312 e. The van der Waals surface area contributed by atoms with Gasteiger partial charge in [0.15, 0.2) is 5.11 Å². The highest BCUT2D eigenvalue weighted by Crippen LogP contribution is 2.17. The molecule has 0 saturated heterocycles. The molecule has 0 bridgehead atoms. The average molecular weight is 230 g/mol. The second kappa shape index (κ2) is 6.44. The number of carbonyl (C=O) groups excluding carboxylic acids is 1. The van der Waals surface area contributed by atoms with Crippen LogP contribution in [0.2, 0.25) is 0 Å². The number of hydrogen-bond acceptors (Lipinski definition) is 2. The third-order valence-corrected chi connectivity index (χ3v) is 2.66. The molecule has 1 aliphatic rings. The van der Waals surface area contributed by atoms with Crippen LogP contribution in [0.1, 0.15) is 25.7 Å². The molecule has 86 valence electrons. The van der Waals surface area contributed by atoms with E-state index in [-0.39, 0.29) is 0 Å². The van der Waals surface area contributed by atoms with Crippen LogP contribution in [0.5, 0.6) is 0 Å². The van der Waals surface area contributed by atoms with Crippen molar-refractivity contribution >= 4 is 23.4 Å². The van der Waals surface area contributed by atoms with Gasteiger partial charge in [0.25, 0.3) is 0 Å². The molecule has 0 atom stereocenters. The van der Waals surface area contributed by atoms with E-state index in [4.69, 9.17) is 18.0 Å². The van der Waals surface area contributed by atoms with Crippen molar-refractivity contribution in [2.75, 3.05) is 13.1 Å². The first-order valence-electron chi connectivity index (χ1n) is 5.26. The van der Waals surface area contributed by atoms with E-state index in [1.807, 2.05) is 0 Å². The van der Waals surface area contributed by atoms with Crippen LogP contribution in [-0.4, -0.2) is 30.3 Å². The van der Waals surface area contributed by atoms with E-state index in [0.717, 1.165) is 0 Å². The topological polar surface area (TPSA) is 79.2 Å². The Labute approximate surface area is 95.2 Å². The summed E-state index contributed by atoms with van der Waals surface area (Å²) in [5, 5.41) is 9.40. The van der Waals surface area contributed by atoms with Crippen LogP contribution in [-0.2, 0) is 0 Å². The molecule has 2 amide bonds. The Morgan fingerprint density at radius 1 is 1.27 bits per heavy atom. The summed E-state index contributed by atoms with van der Waals surface area (Å²) in [5.74, 6) is 0. The number of rotatable bonds is 4. The average Bonchev–Trinajstić information content (AvgIpc) is 2.64. The number of carbonyl (C=O) groups is 1. The van der Waals surface area contributed by atoms with Gasteiger partial charge in [0.1, 0.15) is 0 Å². The number of nitrogens with two attached hydrogens (primary N) is 1. The molecule has 5 N–H and O–H groups in total. The molecule has 1 rings (SSSR count). The number of primary amides is 1. The van der Waals surface area contributed by atoms with E-state index in [9.17, 15) is 4.79 Å². The van der Waals surface area contributed by atoms with Crippen molar-refractivity contribution in [3.05, 3.63) is 0 Å². The lowest BCUT2D eigenvalue weighted by Crippen LogP contribution is -2.44. The number of urea groups is 1. The molecule has 1 aliphatic carbocycles. The van der Waals surface area contributed by atoms with Crippen LogP contribution in [0.15, 0.2) is 0 Å². The van der Waals surface area contributed by atoms with Gasteiger partial charge in [-0.05, 0) is 25.1 Å². The maximum atomic E-state index is 10.4. The van der Waals surface area contributed by atoms with Crippen molar-refractivity contribution < 1.29 is 4.79 Å². The van der Waals surface area contributed by atoms with Crippen LogP contribution in [0, 0.1) is 0 Å². The molecule has 0 aromatic rings. The Hall–Kier alpha value is -1.04. The van der Waals surface area contributed by atoms with Crippen LogP contribution in [0.3, 0.4) is 0 Å². The smallest absolute Gasteiger partial charge is 0.312 e. The molecule has 1 saturated carbocycles. The second-order valence-electron chi connectivity index (χ2n) is 3.67. The fraction of sp³-hybridized carbons (Fsp3) is 0.778. The molecule has 15 heavy (non-hydrogen) atoms. The van der Waals surface area contributed by atoms with E-state index in [1.54, 1.807) is 0 Å². The van der Waals surface area contributed by atoms with Gasteiger partial charge in [-0.2, -0.15) is 0 Å². The summed E-state index contributed by atoms with van der Waals surface area (Å²) in [5.41, 5.74) is 4.92. The molecule has 1 fully saturated rings. The van der Waals surface area contributed by atoms with Crippen molar-refractivity contribution in [1.82, 2.24) is 16.0 Å². The third-order valence-electron chi connectivity index (χ3n) is 2.40. The first-order chi connectivity index (χ1) is 7.18. The van der Waals surface area contributed by atoms with E-state index < -0.39 is 6.03 Å². The maximum absolute atomic E-state index is 10.4. The summed E-state index contributed by atoms with van der Waals surface area (Å²) in [6.45, 7) is 1.09. The molecule has 0 heterocycles. The zero-order valence-electron chi connectivity index (χ0n) is 8.71. The second-order valence-corrected chi connectivity index (χ2v) is 4.08. The Kier molecular flexibility index (Phi) is 5.17. The van der Waals surface area contributed by atoms with Crippen molar-refractivity contribution in [3.63, 3.8) is 0 Å². The van der Waals surface area contributed by atoms with Gasteiger partial charge in [0.2, 0.25) is 0 Å². The summed E-state index contributed by atoms with van der Waals surface area (Å²) in [6, 6.07) is 0.0144. The predicted octanol–water partition coefficient (Wildman–Crippen LogP) is 0.0614. The lowest BCUT2D eigenvalue weighted by molar-refractivity contribution is 0.249. The molecule has 0 aromatic heterocycles.